The molecule has 0 aliphatic carbocycles. The van der Waals surface area contributed by atoms with Gasteiger partial charge in [-0.2, -0.15) is 0 Å². The quantitative estimate of drug-likeness (QED) is 0.864. The zero-order chi connectivity index (χ0) is 13.8. The fourth-order valence-corrected chi connectivity index (χ4v) is 2.55. The summed E-state index contributed by atoms with van der Waals surface area (Å²) in [5, 5.41) is 9.56. The van der Waals surface area contributed by atoms with Crippen LogP contribution in [0.5, 0.6) is 0 Å². The highest BCUT2D eigenvalue weighted by atomic mass is 16.3. The normalized spacial score (nSPS) is 18.4. The molecular weight excluding hydrogens is 240 g/mol. The molecule has 1 fully saturated rings. The molecule has 4 nitrogen and oxygen atoms in total. The van der Waals surface area contributed by atoms with Crippen molar-refractivity contribution in [1.82, 2.24) is 4.90 Å². The van der Waals surface area contributed by atoms with Crippen molar-refractivity contribution in [3.8, 4) is 0 Å². The summed E-state index contributed by atoms with van der Waals surface area (Å²) < 4.78 is 0. The van der Waals surface area contributed by atoms with Crippen molar-refractivity contribution >= 4 is 5.91 Å². The van der Waals surface area contributed by atoms with Gasteiger partial charge in [0, 0.05) is 25.2 Å². The molecule has 0 saturated carbocycles. The van der Waals surface area contributed by atoms with Gasteiger partial charge in [-0.1, -0.05) is 12.1 Å². The van der Waals surface area contributed by atoms with Crippen LogP contribution in [-0.4, -0.2) is 35.1 Å². The van der Waals surface area contributed by atoms with Crippen LogP contribution in [0.15, 0.2) is 24.3 Å². The monoisotopic (exact) mass is 262 g/mol. The van der Waals surface area contributed by atoms with Gasteiger partial charge in [-0.05, 0) is 43.4 Å². The van der Waals surface area contributed by atoms with E-state index < -0.39 is 0 Å². The lowest BCUT2D eigenvalue weighted by Gasteiger charge is -2.33. The predicted molar refractivity (Wildman–Crippen MR) is 74.6 cm³/mol. The van der Waals surface area contributed by atoms with Gasteiger partial charge < -0.3 is 15.7 Å². The van der Waals surface area contributed by atoms with Gasteiger partial charge in [-0.15, -0.1) is 0 Å². The number of likely N-dealkylation sites (tertiary alicyclic amines) is 1. The number of piperidine rings is 1. The first-order chi connectivity index (χ1) is 9.11. The number of rotatable bonds is 3. The van der Waals surface area contributed by atoms with E-state index in [1.54, 1.807) is 0 Å². The van der Waals surface area contributed by atoms with Gasteiger partial charge in [-0.25, -0.2) is 0 Å². The smallest absolute Gasteiger partial charge is 0.253 e. The van der Waals surface area contributed by atoms with Crippen molar-refractivity contribution in [1.29, 1.82) is 0 Å². The molecule has 1 aliphatic heterocycles. The zero-order valence-electron chi connectivity index (χ0n) is 11.4. The zero-order valence-corrected chi connectivity index (χ0v) is 11.4. The summed E-state index contributed by atoms with van der Waals surface area (Å²) in [5.74, 6) is 0.399. The highest BCUT2D eigenvalue weighted by molar-refractivity contribution is 5.94. The Hall–Kier alpha value is -1.39. The van der Waals surface area contributed by atoms with Gasteiger partial charge in [0.1, 0.15) is 0 Å². The summed E-state index contributed by atoms with van der Waals surface area (Å²) >= 11 is 0. The Labute approximate surface area is 114 Å². The standard InChI is InChI=1S/C15H22N2O2/c1-11(18)13-6-8-17(9-7-13)15(19)14-4-2-12(10-16)3-5-14/h2-5,11,13,18H,6-10,16H2,1H3/t11-/m1/s1. The van der Waals surface area contributed by atoms with E-state index in [-0.39, 0.29) is 12.0 Å². The van der Waals surface area contributed by atoms with Gasteiger partial charge in [0.25, 0.3) is 5.91 Å². The third-order valence-corrected chi connectivity index (χ3v) is 3.95. The Bertz CT molecular complexity index is 420. The predicted octanol–water partition coefficient (Wildman–Crippen LogP) is 1.38. The van der Waals surface area contributed by atoms with Crippen molar-refractivity contribution in [2.24, 2.45) is 11.7 Å². The molecule has 3 N–H and O–H groups in total. The molecule has 1 heterocycles. The molecule has 1 aromatic rings. The van der Waals surface area contributed by atoms with E-state index in [2.05, 4.69) is 0 Å². The summed E-state index contributed by atoms with van der Waals surface area (Å²) in [6, 6.07) is 7.47. The minimum atomic E-state index is -0.277. The van der Waals surface area contributed by atoms with Crippen molar-refractivity contribution in [2.45, 2.75) is 32.4 Å². The summed E-state index contributed by atoms with van der Waals surface area (Å²) in [7, 11) is 0. The molecule has 0 aromatic heterocycles. The fourth-order valence-electron chi connectivity index (χ4n) is 2.55. The lowest BCUT2D eigenvalue weighted by molar-refractivity contribution is 0.0521. The summed E-state index contributed by atoms with van der Waals surface area (Å²) in [6.45, 7) is 3.78. The number of hydrogen-bond acceptors (Lipinski definition) is 3. The van der Waals surface area contributed by atoms with Gasteiger partial charge in [0.05, 0.1) is 6.10 Å². The molecule has 1 aromatic carbocycles. The Morgan fingerprint density at radius 1 is 1.37 bits per heavy atom. The van der Waals surface area contributed by atoms with E-state index in [0.29, 0.717) is 18.0 Å². The van der Waals surface area contributed by atoms with Gasteiger partial charge in [-0.3, -0.25) is 4.79 Å². The number of nitrogens with two attached hydrogens (primary N) is 1. The summed E-state index contributed by atoms with van der Waals surface area (Å²) in [5.41, 5.74) is 7.29. The van der Waals surface area contributed by atoms with Crippen LogP contribution in [0, 0.1) is 5.92 Å². The van der Waals surface area contributed by atoms with E-state index in [1.165, 1.54) is 0 Å². The van der Waals surface area contributed by atoms with Crippen molar-refractivity contribution < 1.29 is 9.90 Å². The molecule has 0 unspecified atom stereocenters. The number of carbonyl (C=O) groups is 1. The van der Waals surface area contributed by atoms with Crippen molar-refractivity contribution in [2.75, 3.05) is 13.1 Å². The second-order valence-electron chi connectivity index (χ2n) is 5.27. The molecule has 104 valence electrons. The molecule has 2 rings (SSSR count). The molecule has 1 saturated heterocycles. The fraction of sp³-hybridized carbons (Fsp3) is 0.533. The van der Waals surface area contributed by atoms with E-state index in [4.69, 9.17) is 5.73 Å². The Kier molecular flexibility index (Phi) is 4.56. The highest BCUT2D eigenvalue weighted by Crippen LogP contribution is 2.21. The van der Waals surface area contributed by atoms with Crippen LogP contribution >= 0.6 is 0 Å². The molecular formula is C15H22N2O2. The molecule has 19 heavy (non-hydrogen) atoms. The van der Waals surface area contributed by atoms with Crippen molar-refractivity contribution in [3.63, 3.8) is 0 Å². The Balaban J connectivity index is 1.97. The number of amides is 1. The first-order valence-corrected chi connectivity index (χ1v) is 6.88. The van der Waals surface area contributed by atoms with E-state index in [0.717, 1.165) is 31.5 Å². The average molecular weight is 262 g/mol. The van der Waals surface area contributed by atoms with E-state index in [1.807, 2.05) is 36.1 Å². The van der Waals surface area contributed by atoms with Crippen LogP contribution in [0.4, 0.5) is 0 Å². The third kappa shape index (κ3) is 3.33. The molecule has 1 amide bonds. The van der Waals surface area contributed by atoms with Crippen LogP contribution in [-0.2, 0) is 6.54 Å². The maximum absolute atomic E-state index is 12.3. The first-order valence-electron chi connectivity index (χ1n) is 6.88. The Morgan fingerprint density at radius 2 is 1.95 bits per heavy atom. The highest BCUT2D eigenvalue weighted by Gasteiger charge is 2.25. The van der Waals surface area contributed by atoms with Crippen LogP contribution in [0.3, 0.4) is 0 Å². The molecule has 0 spiro atoms. The van der Waals surface area contributed by atoms with Crippen LogP contribution in [0.25, 0.3) is 0 Å². The molecule has 0 radical (unpaired) electrons. The average Bonchev–Trinajstić information content (AvgIpc) is 2.46. The SMILES string of the molecule is C[C@@H](O)C1CCN(C(=O)c2ccc(CN)cc2)CC1. The summed E-state index contributed by atoms with van der Waals surface area (Å²) in [6.07, 6.45) is 1.48. The number of aliphatic hydroxyl groups excluding tert-OH is 1. The largest absolute Gasteiger partial charge is 0.393 e. The maximum Gasteiger partial charge on any atom is 0.253 e. The van der Waals surface area contributed by atoms with Crippen LogP contribution in [0.2, 0.25) is 0 Å². The van der Waals surface area contributed by atoms with Gasteiger partial charge in [0.2, 0.25) is 0 Å². The molecule has 1 aliphatic rings. The minimum absolute atomic E-state index is 0.0765. The third-order valence-electron chi connectivity index (χ3n) is 3.95. The topological polar surface area (TPSA) is 66.6 Å². The van der Waals surface area contributed by atoms with E-state index in [9.17, 15) is 9.90 Å². The number of hydrogen-bond donors (Lipinski definition) is 2. The number of aliphatic hydroxyl groups is 1. The molecule has 4 heteroatoms. The first kappa shape index (κ1) is 14.0. The summed E-state index contributed by atoms with van der Waals surface area (Å²) in [4.78, 5) is 14.2. The Morgan fingerprint density at radius 3 is 2.42 bits per heavy atom. The number of benzene rings is 1. The minimum Gasteiger partial charge on any atom is -0.393 e. The van der Waals surface area contributed by atoms with Gasteiger partial charge >= 0.3 is 0 Å². The molecule has 0 bridgehead atoms. The molecule has 1 atom stereocenters. The number of carbonyl (C=O) groups excluding carboxylic acids is 1. The lowest BCUT2D eigenvalue weighted by Crippen LogP contribution is -2.40. The van der Waals surface area contributed by atoms with Gasteiger partial charge in [0.15, 0.2) is 0 Å². The van der Waals surface area contributed by atoms with Crippen LogP contribution in [0.1, 0.15) is 35.7 Å². The van der Waals surface area contributed by atoms with E-state index >= 15 is 0 Å². The second kappa shape index (κ2) is 6.17. The number of nitrogens with zero attached hydrogens (tertiary/aromatic N) is 1. The maximum atomic E-state index is 12.3. The lowest BCUT2D eigenvalue weighted by atomic mass is 9.92. The van der Waals surface area contributed by atoms with Crippen LogP contribution < -0.4 is 5.73 Å². The second-order valence-corrected chi connectivity index (χ2v) is 5.27. The van der Waals surface area contributed by atoms with Crippen molar-refractivity contribution in [3.05, 3.63) is 35.4 Å².